The van der Waals surface area contributed by atoms with Gasteiger partial charge in [-0.15, -0.1) is 0 Å². The normalized spacial score (nSPS) is 5.83. The van der Waals surface area contributed by atoms with Crippen molar-refractivity contribution in [3.8, 4) is 0 Å². The first-order valence-electron chi connectivity index (χ1n) is 0.651. The van der Waals surface area contributed by atoms with Gasteiger partial charge < -0.3 is 9.79 Å². The molecule has 0 heterocycles. The molecule has 0 aromatic carbocycles. The standard InChI is InChI=1S/K.Na.H3O3P/c;;1-4(2)3/h;;4H,(H2,1,2,3). The summed E-state index contributed by atoms with van der Waals surface area (Å²) in [5.74, 6) is 0. The summed E-state index contributed by atoms with van der Waals surface area (Å²) < 4.78 is 8.74. The molecule has 0 saturated carbocycles. The summed E-state index contributed by atoms with van der Waals surface area (Å²) >= 11 is 0. The van der Waals surface area contributed by atoms with Gasteiger partial charge in [0, 0.05) is 80.9 Å². The molecular formula is H3KNaO3P. The fourth-order valence-corrected chi connectivity index (χ4v) is 0. The molecule has 0 spiro atoms. The van der Waals surface area contributed by atoms with Gasteiger partial charge in [0.2, 0.25) is 0 Å². The van der Waals surface area contributed by atoms with Crippen molar-refractivity contribution in [1.82, 2.24) is 0 Å². The Morgan fingerprint density at radius 1 is 1.33 bits per heavy atom. The molecule has 0 aliphatic carbocycles. The third-order valence-corrected chi connectivity index (χ3v) is 0. The second-order valence-corrected chi connectivity index (χ2v) is 0.848. The van der Waals surface area contributed by atoms with Gasteiger partial charge in [-0.3, -0.25) is 4.57 Å². The van der Waals surface area contributed by atoms with E-state index in [1.165, 1.54) is 0 Å². The minimum atomic E-state index is -3.13. The predicted octanol–water partition coefficient (Wildman–Crippen LogP) is -1.40. The van der Waals surface area contributed by atoms with Crippen LogP contribution in [0, 0.1) is 0 Å². The summed E-state index contributed by atoms with van der Waals surface area (Å²) in [6, 6.07) is 0. The Kier molecular flexibility index (Phi) is 28.4. The molecule has 2 radical (unpaired) electrons. The van der Waals surface area contributed by atoms with Crippen molar-refractivity contribution >= 4 is 89.2 Å². The van der Waals surface area contributed by atoms with E-state index in [0.29, 0.717) is 0 Å². The van der Waals surface area contributed by atoms with Crippen LogP contribution >= 0.6 is 8.25 Å². The zero-order valence-electron chi connectivity index (χ0n) is 3.80. The maximum Gasteiger partial charge on any atom is 0.314 e. The summed E-state index contributed by atoms with van der Waals surface area (Å²) in [5, 5.41) is 0. The molecule has 6 heteroatoms. The van der Waals surface area contributed by atoms with Crippen LogP contribution < -0.4 is 0 Å². The van der Waals surface area contributed by atoms with Gasteiger partial charge in [-0.2, -0.15) is 0 Å². The van der Waals surface area contributed by atoms with Crippen LogP contribution in [0.15, 0.2) is 0 Å². The molecule has 2 N–H and O–H groups in total. The summed E-state index contributed by atoms with van der Waals surface area (Å²) in [6.07, 6.45) is 0. The Balaban J connectivity index is -0.0000000450. The minimum absolute atomic E-state index is 0. The summed E-state index contributed by atoms with van der Waals surface area (Å²) in [5.41, 5.74) is 0. The van der Waals surface area contributed by atoms with Gasteiger partial charge in [0.25, 0.3) is 0 Å². The van der Waals surface area contributed by atoms with Gasteiger partial charge >= 0.3 is 8.25 Å². The maximum absolute atomic E-state index is 8.74. The van der Waals surface area contributed by atoms with E-state index in [2.05, 4.69) is 0 Å². The quantitative estimate of drug-likeness (QED) is 0.324. The van der Waals surface area contributed by atoms with Crippen molar-refractivity contribution in [2.75, 3.05) is 0 Å². The molecule has 0 aromatic heterocycles. The van der Waals surface area contributed by atoms with E-state index >= 15 is 0 Å². The Hall–Kier alpha value is 2.79. The Morgan fingerprint density at radius 3 is 1.33 bits per heavy atom. The van der Waals surface area contributed by atoms with Crippen molar-refractivity contribution in [3.05, 3.63) is 0 Å². The fourth-order valence-electron chi connectivity index (χ4n) is 0. The van der Waals surface area contributed by atoms with Gasteiger partial charge in [0.05, 0.1) is 0 Å². The maximum atomic E-state index is 8.74. The predicted molar refractivity (Wildman–Crippen MR) is 24.9 cm³/mol. The molecule has 6 heavy (non-hydrogen) atoms. The Bertz CT molecular complexity index is 33.8. The van der Waals surface area contributed by atoms with Crippen molar-refractivity contribution in [1.29, 1.82) is 0 Å². The molecule has 0 aliphatic rings. The molecule has 0 aliphatic heterocycles. The zero-order valence-corrected chi connectivity index (χ0v) is 9.93. The van der Waals surface area contributed by atoms with Gasteiger partial charge in [-0.1, -0.05) is 0 Å². The SMILES string of the molecule is O=[PH](O)O.[K].[Na]. The second-order valence-electron chi connectivity index (χ2n) is 0.283. The summed E-state index contributed by atoms with van der Waals surface area (Å²) in [6.45, 7) is 0. The number of rotatable bonds is 0. The van der Waals surface area contributed by atoms with Gasteiger partial charge in [-0.25, -0.2) is 0 Å². The van der Waals surface area contributed by atoms with E-state index in [1.54, 1.807) is 0 Å². The number of hydrogen-bond donors (Lipinski definition) is 2. The fraction of sp³-hybridized carbons (Fsp3) is 0. The van der Waals surface area contributed by atoms with Gasteiger partial charge in [0.1, 0.15) is 0 Å². The van der Waals surface area contributed by atoms with E-state index in [1.807, 2.05) is 0 Å². The molecule has 0 rings (SSSR count). The van der Waals surface area contributed by atoms with E-state index in [9.17, 15) is 0 Å². The van der Waals surface area contributed by atoms with Crippen molar-refractivity contribution < 1.29 is 14.4 Å². The van der Waals surface area contributed by atoms with Crippen LogP contribution in [0.1, 0.15) is 0 Å². The van der Waals surface area contributed by atoms with Crippen LogP contribution in [-0.4, -0.2) is 90.7 Å². The first-order valence-corrected chi connectivity index (χ1v) is 1.95. The topological polar surface area (TPSA) is 57.5 Å². The van der Waals surface area contributed by atoms with Gasteiger partial charge in [-0.05, 0) is 0 Å². The molecule has 0 atom stereocenters. The van der Waals surface area contributed by atoms with Crippen molar-refractivity contribution in [2.24, 2.45) is 0 Å². The third kappa shape index (κ3) is 29.3. The monoisotopic (exact) mass is 144 g/mol. The molecular weight excluding hydrogens is 141 g/mol. The van der Waals surface area contributed by atoms with Crippen LogP contribution in [0.2, 0.25) is 0 Å². The molecule has 3 nitrogen and oxygen atoms in total. The van der Waals surface area contributed by atoms with Crippen LogP contribution in [0.4, 0.5) is 0 Å². The molecule has 0 saturated heterocycles. The molecule has 28 valence electrons. The molecule has 0 bridgehead atoms. The minimum Gasteiger partial charge on any atom is -0.326 e. The van der Waals surface area contributed by atoms with E-state index < -0.39 is 8.25 Å². The average Bonchev–Trinajstić information content (AvgIpc) is 0.811. The smallest absolute Gasteiger partial charge is 0.314 e. The first-order chi connectivity index (χ1) is 1.73. The van der Waals surface area contributed by atoms with Gasteiger partial charge in [0.15, 0.2) is 0 Å². The first kappa shape index (κ1) is 15.9. The number of hydrogen-bond acceptors (Lipinski definition) is 1. The molecule has 0 amide bonds. The second kappa shape index (κ2) is 10.7. The van der Waals surface area contributed by atoms with E-state index in [0.717, 1.165) is 0 Å². The Labute approximate surface area is 101 Å². The average molecular weight is 144 g/mol. The van der Waals surface area contributed by atoms with Crippen LogP contribution in [0.5, 0.6) is 0 Å². The molecule has 0 fully saturated rings. The largest absolute Gasteiger partial charge is 0.326 e. The van der Waals surface area contributed by atoms with Crippen LogP contribution in [0.3, 0.4) is 0 Å². The zero-order chi connectivity index (χ0) is 3.58. The summed E-state index contributed by atoms with van der Waals surface area (Å²) in [4.78, 5) is 14.3. The molecule has 0 aromatic rings. The summed E-state index contributed by atoms with van der Waals surface area (Å²) in [7, 11) is -3.13. The van der Waals surface area contributed by atoms with Crippen LogP contribution in [-0.2, 0) is 4.57 Å². The Morgan fingerprint density at radius 2 is 1.33 bits per heavy atom. The van der Waals surface area contributed by atoms with Crippen molar-refractivity contribution in [2.45, 2.75) is 0 Å². The molecule has 0 unspecified atom stereocenters. The van der Waals surface area contributed by atoms with Crippen LogP contribution in [0.25, 0.3) is 0 Å². The van der Waals surface area contributed by atoms with E-state index in [-0.39, 0.29) is 80.9 Å². The van der Waals surface area contributed by atoms with E-state index in [4.69, 9.17) is 14.4 Å². The third-order valence-electron chi connectivity index (χ3n) is 0. The van der Waals surface area contributed by atoms with Crippen molar-refractivity contribution in [3.63, 3.8) is 0 Å².